The lowest BCUT2D eigenvalue weighted by atomic mass is 9.98. The molecular weight excluding hydrogens is 238 g/mol. The third-order valence-electron chi connectivity index (χ3n) is 4.51. The number of hydrogen-bond donors (Lipinski definition) is 2. The lowest BCUT2D eigenvalue weighted by molar-refractivity contribution is -0.123. The predicted molar refractivity (Wildman–Crippen MR) is 77.7 cm³/mol. The smallest absolute Gasteiger partial charge is 0.220 e. The van der Waals surface area contributed by atoms with E-state index in [1.807, 2.05) is 6.08 Å². The van der Waals surface area contributed by atoms with Crippen LogP contribution in [0.15, 0.2) is 12.7 Å². The molecule has 0 spiro atoms. The number of nitrogens with two attached hydrogens (primary N) is 1. The van der Waals surface area contributed by atoms with Gasteiger partial charge in [0.15, 0.2) is 0 Å². The molecule has 0 radical (unpaired) electrons. The largest absolute Gasteiger partial charge is 0.353 e. The fourth-order valence-electron chi connectivity index (χ4n) is 3.29. The molecular formula is C15H27N3O. The second-order valence-corrected chi connectivity index (χ2v) is 5.99. The van der Waals surface area contributed by atoms with Crippen molar-refractivity contribution in [3.8, 4) is 0 Å². The van der Waals surface area contributed by atoms with Gasteiger partial charge in [0.05, 0.1) is 0 Å². The molecule has 19 heavy (non-hydrogen) atoms. The molecule has 1 heterocycles. The maximum absolute atomic E-state index is 12.0. The second-order valence-electron chi connectivity index (χ2n) is 5.99. The maximum Gasteiger partial charge on any atom is 0.220 e. The van der Waals surface area contributed by atoms with Crippen LogP contribution < -0.4 is 11.1 Å². The van der Waals surface area contributed by atoms with Crippen molar-refractivity contribution >= 4 is 5.91 Å². The van der Waals surface area contributed by atoms with Crippen LogP contribution >= 0.6 is 0 Å². The molecule has 0 aromatic rings. The fourth-order valence-corrected chi connectivity index (χ4v) is 3.29. The Morgan fingerprint density at radius 3 is 2.63 bits per heavy atom. The molecule has 1 amide bonds. The minimum Gasteiger partial charge on any atom is -0.353 e. The molecule has 3 N–H and O–H groups in total. The first-order chi connectivity index (χ1) is 9.19. The summed E-state index contributed by atoms with van der Waals surface area (Å²) in [5.41, 5.74) is 6.02. The van der Waals surface area contributed by atoms with E-state index in [4.69, 9.17) is 5.73 Å². The van der Waals surface area contributed by atoms with Gasteiger partial charge in [0, 0.05) is 38.1 Å². The molecule has 0 unspecified atom stereocenters. The average Bonchev–Trinajstić information content (AvgIpc) is 2.78. The van der Waals surface area contributed by atoms with Crippen LogP contribution in [0, 0.1) is 5.92 Å². The van der Waals surface area contributed by atoms with E-state index in [0.29, 0.717) is 18.4 Å². The topological polar surface area (TPSA) is 58.4 Å². The average molecular weight is 265 g/mol. The summed E-state index contributed by atoms with van der Waals surface area (Å²) in [4.78, 5) is 14.4. The van der Waals surface area contributed by atoms with Crippen LogP contribution in [0.2, 0.25) is 0 Å². The number of hydrogen-bond acceptors (Lipinski definition) is 3. The lowest BCUT2D eigenvalue weighted by Gasteiger charge is -2.31. The van der Waals surface area contributed by atoms with E-state index in [0.717, 1.165) is 45.3 Å². The highest BCUT2D eigenvalue weighted by atomic mass is 16.1. The molecule has 0 aromatic heterocycles. The summed E-state index contributed by atoms with van der Waals surface area (Å²) in [5, 5.41) is 3.18. The third kappa shape index (κ3) is 4.32. The first-order valence-corrected chi connectivity index (χ1v) is 7.57. The summed E-state index contributed by atoms with van der Waals surface area (Å²) < 4.78 is 0. The van der Waals surface area contributed by atoms with Crippen molar-refractivity contribution in [2.24, 2.45) is 11.7 Å². The minimum atomic E-state index is 0.199. The van der Waals surface area contributed by atoms with Gasteiger partial charge in [0.25, 0.3) is 0 Å². The van der Waals surface area contributed by atoms with Gasteiger partial charge in [-0.15, -0.1) is 6.58 Å². The molecule has 4 heteroatoms. The monoisotopic (exact) mass is 265 g/mol. The Bertz CT molecular complexity index is 311. The molecule has 2 atom stereocenters. The van der Waals surface area contributed by atoms with Crippen molar-refractivity contribution in [2.75, 3.05) is 19.6 Å². The normalized spacial score (nSPS) is 29.3. The Labute approximate surface area is 116 Å². The van der Waals surface area contributed by atoms with E-state index in [2.05, 4.69) is 16.8 Å². The standard InChI is InChI=1S/C15H27N3O/c1-2-8-18-9-6-13(7-10-18)17-15(19)11-12-4-3-5-14(12)16/h2,12-14H,1,3-11,16H2,(H,17,19)/t12-,14+/m0/s1. The van der Waals surface area contributed by atoms with E-state index in [1.165, 1.54) is 6.42 Å². The minimum absolute atomic E-state index is 0.199. The molecule has 2 rings (SSSR count). The van der Waals surface area contributed by atoms with E-state index in [9.17, 15) is 4.79 Å². The Kier molecular flexibility index (Phi) is 5.40. The number of nitrogens with zero attached hydrogens (tertiary/aromatic N) is 1. The molecule has 108 valence electrons. The van der Waals surface area contributed by atoms with Gasteiger partial charge >= 0.3 is 0 Å². The molecule has 2 aliphatic rings. The Morgan fingerprint density at radius 1 is 1.32 bits per heavy atom. The number of carbonyl (C=O) groups excluding carboxylic acids is 1. The van der Waals surface area contributed by atoms with Crippen LogP contribution in [0.5, 0.6) is 0 Å². The zero-order valence-electron chi connectivity index (χ0n) is 11.8. The summed E-state index contributed by atoms with van der Waals surface area (Å²) >= 11 is 0. The van der Waals surface area contributed by atoms with E-state index >= 15 is 0 Å². The second kappa shape index (κ2) is 7.06. The molecule has 1 aliphatic carbocycles. The molecule has 1 saturated heterocycles. The molecule has 2 fully saturated rings. The van der Waals surface area contributed by atoms with Crippen LogP contribution in [0.25, 0.3) is 0 Å². The summed E-state index contributed by atoms with van der Waals surface area (Å²) in [5.74, 6) is 0.602. The van der Waals surface area contributed by atoms with Gasteiger partial charge in [-0.3, -0.25) is 9.69 Å². The SMILES string of the molecule is C=CCN1CCC(NC(=O)C[C@@H]2CCC[C@H]2N)CC1. The van der Waals surface area contributed by atoms with Crippen molar-refractivity contribution in [1.29, 1.82) is 0 Å². The highest BCUT2D eigenvalue weighted by molar-refractivity contribution is 5.76. The fraction of sp³-hybridized carbons (Fsp3) is 0.800. The Morgan fingerprint density at radius 2 is 2.05 bits per heavy atom. The first-order valence-electron chi connectivity index (χ1n) is 7.57. The number of carbonyl (C=O) groups is 1. The Balaban J connectivity index is 1.67. The van der Waals surface area contributed by atoms with Crippen molar-refractivity contribution in [3.63, 3.8) is 0 Å². The van der Waals surface area contributed by atoms with E-state index in [-0.39, 0.29) is 11.9 Å². The van der Waals surface area contributed by atoms with Gasteiger partial charge in [0.1, 0.15) is 0 Å². The summed E-state index contributed by atoms with van der Waals surface area (Å²) in [6.07, 6.45) is 8.05. The molecule has 0 bridgehead atoms. The zero-order chi connectivity index (χ0) is 13.7. The van der Waals surface area contributed by atoms with Crippen LogP contribution in [0.4, 0.5) is 0 Å². The van der Waals surface area contributed by atoms with Gasteiger partial charge in [-0.25, -0.2) is 0 Å². The van der Waals surface area contributed by atoms with E-state index < -0.39 is 0 Å². The molecule has 1 aliphatic heterocycles. The van der Waals surface area contributed by atoms with Crippen LogP contribution in [-0.2, 0) is 4.79 Å². The van der Waals surface area contributed by atoms with Crippen molar-refractivity contribution in [2.45, 2.75) is 50.6 Å². The van der Waals surface area contributed by atoms with Crippen molar-refractivity contribution < 1.29 is 4.79 Å². The molecule has 4 nitrogen and oxygen atoms in total. The number of piperidine rings is 1. The molecule has 0 aromatic carbocycles. The number of nitrogens with one attached hydrogen (secondary N) is 1. The predicted octanol–water partition coefficient (Wildman–Crippen LogP) is 1.27. The highest BCUT2D eigenvalue weighted by Gasteiger charge is 2.27. The van der Waals surface area contributed by atoms with Gasteiger partial charge in [0.2, 0.25) is 5.91 Å². The Hall–Kier alpha value is -0.870. The number of rotatable bonds is 5. The zero-order valence-corrected chi connectivity index (χ0v) is 11.8. The number of likely N-dealkylation sites (tertiary alicyclic amines) is 1. The van der Waals surface area contributed by atoms with Gasteiger partial charge in [-0.2, -0.15) is 0 Å². The highest BCUT2D eigenvalue weighted by Crippen LogP contribution is 2.26. The van der Waals surface area contributed by atoms with Gasteiger partial charge in [-0.1, -0.05) is 12.5 Å². The number of amides is 1. The van der Waals surface area contributed by atoms with Gasteiger partial charge in [-0.05, 0) is 31.6 Å². The summed E-state index contributed by atoms with van der Waals surface area (Å²) in [7, 11) is 0. The maximum atomic E-state index is 12.0. The van der Waals surface area contributed by atoms with Crippen LogP contribution in [-0.4, -0.2) is 42.5 Å². The van der Waals surface area contributed by atoms with Crippen molar-refractivity contribution in [1.82, 2.24) is 10.2 Å². The van der Waals surface area contributed by atoms with Gasteiger partial charge < -0.3 is 11.1 Å². The van der Waals surface area contributed by atoms with Crippen molar-refractivity contribution in [3.05, 3.63) is 12.7 Å². The third-order valence-corrected chi connectivity index (χ3v) is 4.51. The first kappa shape index (κ1) is 14.5. The van der Waals surface area contributed by atoms with Crippen LogP contribution in [0.3, 0.4) is 0 Å². The quantitative estimate of drug-likeness (QED) is 0.736. The summed E-state index contributed by atoms with van der Waals surface area (Å²) in [6, 6.07) is 0.589. The lowest BCUT2D eigenvalue weighted by Crippen LogP contribution is -2.45. The van der Waals surface area contributed by atoms with E-state index in [1.54, 1.807) is 0 Å². The van der Waals surface area contributed by atoms with Crippen LogP contribution in [0.1, 0.15) is 38.5 Å². The summed E-state index contributed by atoms with van der Waals surface area (Å²) in [6.45, 7) is 6.83. The molecule has 1 saturated carbocycles.